The van der Waals surface area contributed by atoms with Crippen molar-refractivity contribution in [2.75, 3.05) is 17.7 Å². The van der Waals surface area contributed by atoms with Gasteiger partial charge in [-0.1, -0.05) is 37.0 Å². The molecule has 90 valence electrons. The highest BCUT2D eigenvalue weighted by Gasteiger charge is 2.15. The highest BCUT2D eigenvalue weighted by Crippen LogP contribution is 2.28. The second-order valence-corrected chi connectivity index (χ2v) is 4.68. The number of halogens is 2. The molecule has 1 unspecified atom stereocenters. The van der Waals surface area contributed by atoms with Crippen LogP contribution >= 0.6 is 23.2 Å². The van der Waals surface area contributed by atoms with Gasteiger partial charge in [0.2, 0.25) is 0 Å². The average Bonchev–Trinajstić information content (AvgIpc) is 2.21. The summed E-state index contributed by atoms with van der Waals surface area (Å²) >= 11 is 11.7. The summed E-state index contributed by atoms with van der Waals surface area (Å²) in [7, 11) is 0. The molecule has 0 aliphatic rings. The average molecular weight is 264 g/mol. The summed E-state index contributed by atoms with van der Waals surface area (Å²) < 4.78 is 0. The van der Waals surface area contributed by atoms with E-state index in [1.807, 2.05) is 13.8 Å². The second-order valence-electron chi connectivity index (χ2n) is 3.86. The summed E-state index contributed by atoms with van der Waals surface area (Å²) in [6, 6.07) is 1.41. The number of nitrogens with zero attached hydrogens (tertiary/aromatic N) is 1. The van der Waals surface area contributed by atoms with Crippen LogP contribution in [-0.4, -0.2) is 22.7 Å². The highest BCUT2D eigenvalue weighted by atomic mass is 35.5. The summed E-state index contributed by atoms with van der Waals surface area (Å²) in [5.41, 5.74) is 5.58. The maximum atomic E-state index is 9.18. The van der Waals surface area contributed by atoms with Gasteiger partial charge in [-0.2, -0.15) is 0 Å². The standard InChI is InChI=1S/C10H15Cl2N3O/c1-5(2)8(4-16)14-10-7(12)3-6(11)9(13)15-10/h3,5,8,16H,4H2,1-2H3,(H3,13,14,15). The normalized spacial score (nSPS) is 12.9. The molecule has 0 aliphatic carbocycles. The van der Waals surface area contributed by atoms with E-state index in [9.17, 15) is 5.11 Å². The first kappa shape index (κ1) is 13.4. The van der Waals surface area contributed by atoms with E-state index in [1.54, 1.807) is 0 Å². The van der Waals surface area contributed by atoms with Crippen molar-refractivity contribution >= 4 is 34.8 Å². The number of rotatable bonds is 4. The van der Waals surface area contributed by atoms with Gasteiger partial charge in [-0.25, -0.2) is 4.98 Å². The van der Waals surface area contributed by atoms with Crippen LogP contribution in [0.2, 0.25) is 10.0 Å². The van der Waals surface area contributed by atoms with Gasteiger partial charge in [0.1, 0.15) is 11.6 Å². The van der Waals surface area contributed by atoms with Crippen molar-refractivity contribution in [2.24, 2.45) is 5.92 Å². The zero-order valence-corrected chi connectivity index (χ0v) is 10.7. The van der Waals surface area contributed by atoms with Crippen LogP contribution in [-0.2, 0) is 0 Å². The molecule has 0 aromatic carbocycles. The van der Waals surface area contributed by atoms with Gasteiger partial charge >= 0.3 is 0 Å². The lowest BCUT2D eigenvalue weighted by molar-refractivity contribution is 0.249. The van der Waals surface area contributed by atoms with Gasteiger partial charge in [0, 0.05) is 0 Å². The summed E-state index contributed by atoms with van der Waals surface area (Å²) in [5, 5.41) is 12.9. The minimum absolute atomic E-state index is 0.00178. The molecule has 1 aromatic heterocycles. The molecule has 0 radical (unpaired) electrons. The molecule has 0 spiro atoms. The molecule has 16 heavy (non-hydrogen) atoms. The van der Waals surface area contributed by atoms with Crippen molar-refractivity contribution in [1.82, 2.24) is 4.98 Å². The molecule has 6 heteroatoms. The van der Waals surface area contributed by atoms with Crippen molar-refractivity contribution in [3.05, 3.63) is 16.1 Å². The van der Waals surface area contributed by atoms with E-state index in [2.05, 4.69) is 10.3 Å². The Morgan fingerprint density at radius 3 is 2.56 bits per heavy atom. The van der Waals surface area contributed by atoms with Crippen LogP contribution < -0.4 is 11.1 Å². The van der Waals surface area contributed by atoms with Crippen LogP contribution in [0.15, 0.2) is 6.07 Å². The minimum Gasteiger partial charge on any atom is -0.394 e. The molecule has 0 saturated heterocycles. The largest absolute Gasteiger partial charge is 0.394 e. The molecule has 0 bridgehead atoms. The van der Waals surface area contributed by atoms with Gasteiger partial charge in [-0.15, -0.1) is 0 Å². The lowest BCUT2D eigenvalue weighted by Gasteiger charge is -2.21. The Hall–Kier alpha value is -0.710. The van der Waals surface area contributed by atoms with Crippen LogP contribution in [0.5, 0.6) is 0 Å². The van der Waals surface area contributed by atoms with Crippen LogP contribution in [0.1, 0.15) is 13.8 Å². The molecule has 4 N–H and O–H groups in total. The number of pyridine rings is 1. The van der Waals surface area contributed by atoms with E-state index < -0.39 is 0 Å². The molecule has 0 fully saturated rings. The zero-order chi connectivity index (χ0) is 12.3. The molecular weight excluding hydrogens is 249 g/mol. The van der Waals surface area contributed by atoms with E-state index in [0.717, 1.165) is 0 Å². The van der Waals surface area contributed by atoms with E-state index in [1.165, 1.54) is 6.07 Å². The summed E-state index contributed by atoms with van der Waals surface area (Å²) in [6.45, 7) is 3.97. The van der Waals surface area contributed by atoms with E-state index >= 15 is 0 Å². The number of aliphatic hydroxyl groups excluding tert-OH is 1. The molecule has 0 amide bonds. The van der Waals surface area contributed by atoms with E-state index in [4.69, 9.17) is 28.9 Å². The Kier molecular flexibility index (Phi) is 4.65. The lowest BCUT2D eigenvalue weighted by atomic mass is 10.1. The van der Waals surface area contributed by atoms with Crippen LogP contribution in [0, 0.1) is 5.92 Å². The van der Waals surface area contributed by atoms with Crippen molar-refractivity contribution in [3.63, 3.8) is 0 Å². The van der Waals surface area contributed by atoms with Crippen LogP contribution in [0.4, 0.5) is 11.6 Å². The fourth-order valence-corrected chi connectivity index (χ4v) is 1.59. The maximum Gasteiger partial charge on any atom is 0.147 e. The molecule has 1 heterocycles. The predicted octanol–water partition coefficient (Wildman–Crippen LogP) is 2.40. The highest BCUT2D eigenvalue weighted by molar-refractivity contribution is 6.37. The molecule has 1 rings (SSSR count). The predicted molar refractivity (Wildman–Crippen MR) is 68.0 cm³/mol. The van der Waals surface area contributed by atoms with Crippen molar-refractivity contribution < 1.29 is 5.11 Å². The fraction of sp³-hybridized carbons (Fsp3) is 0.500. The Bertz CT molecular complexity index is 371. The van der Waals surface area contributed by atoms with Crippen molar-refractivity contribution in [3.8, 4) is 0 Å². The topological polar surface area (TPSA) is 71.2 Å². The number of nitrogens with two attached hydrogens (primary N) is 1. The summed E-state index contributed by atoms with van der Waals surface area (Å²) in [5.74, 6) is 0.907. The number of hydrogen-bond donors (Lipinski definition) is 3. The molecule has 1 atom stereocenters. The first-order valence-corrected chi connectivity index (χ1v) is 5.70. The molecule has 1 aromatic rings. The van der Waals surface area contributed by atoms with Gasteiger partial charge in [-0.05, 0) is 12.0 Å². The SMILES string of the molecule is CC(C)C(CO)Nc1nc(N)c(Cl)cc1Cl. The fourth-order valence-electron chi connectivity index (χ4n) is 1.18. The minimum atomic E-state index is -0.120. The Labute approximate surface area is 105 Å². The van der Waals surface area contributed by atoms with Crippen LogP contribution in [0.25, 0.3) is 0 Å². The van der Waals surface area contributed by atoms with Gasteiger partial charge in [0.15, 0.2) is 0 Å². The Morgan fingerprint density at radius 1 is 1.44 bits per heavy atom. The van der Waals surface area contributed by atoms with Crippen LogP contribution in [0.3, 0.4) is 0 Å². The third kappa shape index (κ3) is 3.14. The third-order valence-corrected chi connectivity index (χ3v) is 2.87. The lowest BCUT2D eigenvalue weighted by Crippen LogP contribution is -2.30. The van der Waals surface area contributed by atoms with E-state index in [0.29, 0.717) is 15.9 Å². The zero-order valence-electron chi connectivity index (χ0n) is 9.17. The van der Waals surface area contributed by atoms with Gasteiger partial charge in [-0.3, -0.25) is 0 Å². The smallest absolute Gasteiger partial charge is 0.147 e. The van der Waals surface area contributed by atoms with E-state index in [-0.39, 0.29) is 24.4 Å². The summed E-state index contributed by atoms with van der Waals surface area (Å²) in [6.07, 6.45) is 0. The first-order chi connectivity index (χ1) is 7.45. The first-order valence-electron chi connectivity index (χ1n) is 4.94. The second kappa shape index (κ2) is 5.57. The van der Waals surface area contributed by atoms with Crippen molar-refractivity contribution in [2.45, 2.75) is 19.9 Å². The summed E-state index contributed by atoms with van der Waals surface area (Å²) in [4.78, 5) is 4.03. The molecule has 4 nitrogen and oxygen atoms in total. The number of nitrogens with one attached hydrogen (secondary N) is 1. The van der Waals surface area contributed by atoms with Gasteiger partial charge in [0.25, 0.3) is 0 Å². The van der Waals surface area contributed by atoms with Gasteiger partial charge in [0.05, 0.1) is 22.7 Å². The Morgan fingerprint density at radius 2 is 2.06 bits per heavy atom. The maximum absolute atomic E-state index is 9.18. The number of nitrogen functional groups attached to an aromatic ring is 1. The third-order valence-electron chi connectivity index (χ3n) is 2.28. The van der Waals surface area contributed by atoms with Crippen molar-refractivity contribution in [1.29, 1.82) is 0 Å². The van der Waals surface area contributed by atoms with Gasteiger partial charge < -0.3 is 16.2 Å². The molecular formula is C10H15Cl2N3O. The number of hydrogen-bond acceptors (Lipinski definition) is 4. The number of anilines is 2. The monoisotopic (exact) mass is 263 g/mol. The Balaban J connectivity index is 2.92. The number of aliphatic hydroxyl groups is 1. The molecule has 0 saturated carbocycles. The molecule has 0 aliphatic heterocycles. The number of aromatic nitrogens is 1. The quantitative estimate of drug-likeness (QED) is 0.780.